The Morgan fingerprint density at radius 2 is 1.64 bits per heavy atom. The number of carbonyl (C=O) groups excluding carboxylic acids is 2. The van der Waals surface area contributed by atoms with Crippen LogP contribution in [0.5, 0.6) is 0 Å². The molecule has 1 N–H and O–H groups in total. The summed E-state index contributed by atoms with van der Waals surface area (Å²) in [6, 6.07) is 9.77. The highest BCUT2D eigenvalue weighted by Gasteiger charge is 2.34. The lowest BCUT2D eigenvalue weighted by Crippen LogP contribution is -2.50. The maximum absolute atomic E-state index is 13.3. The van der Waals surface area contributed by atoms with Crippen LogP contribution in [0.15, 0.2) is 30.3 Å². The van der Waals surface area contributed by atoms with E-state index in [0.29, 0.717) is 31.4 Å². The van der Waals surface area contributed by atoms with Crippen molar-refractivity contribution in [2.24, 2.45) is 11.8 Å². The van der Waals surface area contributed by atoms with Crippen LogP contribution in [0.25, 0.3) is 0 Å². The number of nitrogens with one attached hydrogen (secondary N) is 1. The number of rotatable bonds is 10. The number of benzene rings is 1. The molecule has 2 aliphatic carbocycles. The minimum absolute atomic E-state index is 0.0541. The van der Waals surface area contributed by atoms with Gasteiger partial charge in [-0.2, -0.15) is 0 Å². The minimum atomic E-state index is -0.596. The zero-order valence-electron chi connectivity index (χ0n) is 23.0. The number of nitrogens with zero attached hydrogens (tertiary/aromatic N) is 1. The number of ether oxygens (including phenoxy) is 2. The maximum atomic E-state index is 13.3. The summed E-state index contributed by atoms with van der Waals surface area (Å²) in [6.07, 6.45) is 12.0. The predicted molar refractivity (Wildman–Crippen MR) is 144 cm³/mol. The summed E-state index contributed by atoms with van der Waals surface area (Å²) < 4.78 is 11.8. The topological polar surface area (TPSA) is 67.9 Å². The van der Waals surface area contributed by atoms with E-state index in [1.165, 1.54) is 42.6 Å². The maximum Gasteiger partial charge on any atom is 0.410 e. The lowest BCUT2D eigenvalue weighted by Gasteiger charge is -2.34. The summed E-state index contributed by atoms with van der Waals surface area (Å²) in [7, 11) is 1.70. The van der Waals surface area contributed by atoms with Gasteiger partial charge in [0.05, 0.1) is 12.7 Å². The van der Waals surface area contributed by atoms with E-state index < -0.39 is 17.7 Å². The molecule has 6 nitrogen and oxygen atoms in total. The average Bonchev–Trinajstić information content (AvgIpc) is 2.86. The highest BCUT2D eigenvalue weighted by Crippen LogP contribution is 2.31. The van der Waals surface area contributed by atoms with E-state index in [9.17, 15) is 9.59 Å². The quantitative estimate of drug-likeness (QED) is 0.399. The van der Waals surface area contributed by atoms with Gasteiger partial charge in [-0.1, -0.05) is 62.4 Å². The smallest absolute Gasteiger partial charge is 0.410 e. The molecule has 6 heteroatoms. The number of amides is 2. The Morgan fingerprint density at radius 1 is 0.972 bits per heavy atom. The Bertz CT molecular complexity index is 793. The number of hydrogen-bond donors (Lipinski definition) is 1. The summed E-state index contributed by atoms with van der Waals surface area (Å²) in [6.45, 7) is 6.89. The molecule has 2 aliphatic rings. The largest absolute Gasteiger partial charge is 0.444 e. The monoisotopic (exact) mass is 500 g/mol. The summed E-state index contributed by atoms with van der Waals surface area (Å²) >= 11 is 0. The van der Waals surface area contributed by atoms with E-state index in [4.69, 9.17) is 9.47 Å². The van der Waals surface area contributed by atoms with Gasteiger partial charge in [-0.25, -0.2) is 4.79 Å². The minimum Gasteiger partial charge on any atom is -0.444 e. The molecular formula is C30H48N2O4. The molecule has 0 spiro atoms. The van der Waals surface area contributed by atoms with Gasteiger partial charge in [-0.15, -0.1) is 0 Å². The molecule has 2 fully saturated rings. The first-order valence-corrected chi connectivity index (χ1v) is 14.1. The van der Waals surface area contributed by atoms with Gasteiger partial charge < -0.3 is 14.8 Å². The second-order valence-corrected chi connectivity index (χ2v) is 11.9. The standard InChI is InChI=1S/C30H48N2O4/c1-30(2,3)36-29(34)32(4)27(28(33)31-20-19-23-11-7-5-8-12-23)21-24-15-17-26(18-16-24)35-22-25-13-9-6-10-14-25/h6,9-10,13-14,23-24,26-27H,5,7-8,11-12,15-22H2,1-4H3,(H,31,33). The Labute approximate surface area is 218 Å². The van der Waals surface area contributed by atoms with Gasteiger partial charge in [0.15, 0.2) is 0 Å². The zero-order chi connectivity index (χ0) is 26.0. The Balaban J connectivity index is 1.51. The van der Waals surface area contributed by atoms with E-state index in [1.54, 1.807) is 7.05 Å². The molecule has 1 unspecified atom stereocenters. The fraction of sp³-hybridized carbons (Fsp3) is 0.733. The van der Waals surface area contributed by atoms with Crippen LogP contribution in [0.1, 0.15) is 97.0 Å². The number of carbonyl (C=O) groups is 2. The van der Waals surface area contributed by atoms with Crippen LogP contribution in [-0.4, -0.2) is 48.2 Å². The number of hydrogen-bond acceptors (Lipinski definition) is 4. The molecule has 0 saturated heterocycles. The third-order valence-electron chi connectivity index (χ3n) is 7.71. The normalized spacial score (nSPS) is 22.0. The van der Waals surface area contributed by atoms with Crippen molar-refractivity contribution in [2.45, 2.75) is 116 Å². The Kier molecular flexibility index (Phi) is 11.1. The third kappa shape index (κ3) is 9.76. The highest BCUT2D eigenvalue weighted by molar-refractivity contribution is 5.85. The molecule has 202 valence electrons. The average molecular weight is 501 g/mol. The fourth-order valence-corrected chi connectivity index (χ4v) is 5.53. The van der Waals surface area contributed by atoms with E-state index in [2.05, 4.69) is 17.4 Å². The summed E-state index contributed by atoms with van der Waals surface area (Å²) in [5.74, 6) is 1.05. The van der Waals surface area contributed by atoms with Gasteiger partial charge in [0.1, 0.15) is 11.6 Å². The summed E-state index contributed by atoms with van der Waals surface area (Å²) in [5, 5.41) is 3.15. The molecule has 0 bridgehead atoms. The van der Waals surface area contributed by atoms with Gasteiger partial charge in [0.25, 0.3) is 0 Å². The molecule has 1 aromatic carbocycles. The molecule has 1 aromatic rings. The first kappa shape index (κ1) is 28.5. The fourth-order valence-electron chi connectivity index (χ4n) is 5.53. The van der Waals surface area contributed by atoms with Crippen LogP contribution in [0, 0.1) is 11.8 Å². The summed E-state index contributed by atoms with van der Waals surface area (Å²) in [4.78, 5) is 27.7. The van der Waals surface area contributed by atoms with Crippen LogP contribution in [0.2, 0.25) is 0 Å². The lowest BCUT2D eigenvalue weighted by atomic mass is 9.83. The van der Waals surface area contributed by atoms with Crippen molar-refractivity contribution in [3.05, 3.63) is 35.9 Å². The Hall–Kier alpha value is -2.08. The van der Waals surface area contributed by atoms with E-state index in [0.717, 1.165) is 32.1 Å². The van der Waals surface area contributed by atoms with Crippen molar-refractivity contribution in [1.82, 2.24) is 10.2 Å². The van der Waals surface area contributed by atoms with Crippen molar-refractivity contribution in [3.63, 3.8) is 0 Å². The molecule has 2 saturated carbocycles. The van der Waals surface area contributed by atoms with Gasteiger partial charge >= 0.3 is 6.09 Å². The van der Waals surface area contributed by atoms with Crippen LogP contribution in [-0.2, 0) is 20.9 Å². The molecule has 36 heavy (non-hydrogen) atoms. The molecule has 0 radical (unpaired) electrons. The first-order chi connectivity index (χ1) is 17.2. The van der Waals surface area contributed by atoms with Crippen molar-refractivity contribution in [3.8, 4) is 0 Å². The SMILES string of the molecule is CN(C(=O)OC(C)(C)C)C(CC1CCC(OCc2ccccc2)CC1)C(=O)NCCC1CCCCC1. The van der Waals surface area contributed by atoms with Gasteiger partial charge in [0.2, 0.25) is 5.91 Å². The second kappa shape index (κ2) is 14.0. The Morgan fingerprint density at radius 3 is 2.28 bits per heavy atom. The molecular weight excluding hydrogens is 452 g/mol. The molecule has 1 atom stereocenters. The molecule has 0 aromatic heterocycles. The molecule has 3 rings (SSSR count). The van der Waals surface area contributed by atoms with Crippen molar-refractivity contribution in [2.75, 3.05) is 13.6 Å². The molecule has 0 heterocycles. The summed E-state index contributed by atoms with van der Waals surface area (Å²) in [5.41, 5.74) is 0.602. The van der Waals surface area contributed by atoms with Crippen LogP contribution in [0.4, 0.5) is 4.79 Å². The second-order valence-electron chi connectivity index (χ2n) is 11.9. The number of likely N-dealkylation sites (N-methyl/N-ethyl adjacent to an activating group) is 1. The van der Waals surface area contributed by atoms with E-state index >= 15 is 0 Å². The molecule has 0 aliphatic heterocycles. The van der Waals surface area contributed by atoms with E-state index in [-0.39, 0.29) is 12.0 Å². The van der Waals surface area contributed by atoms with Gasteiger partial charge in [0, 0.05) is 13.6 Å². The van der Waals surface area contributed by atoms with Gasteiger partial charge in [-0.05, 0) is 76.7 Å². The molecule has 2 amide bonds. The predicted octanol–water partition coefficient (Wildman–Crippen LogP) is 6.47. The van der Waals surface area contributed by atoms with Crippen molar-refractivity contribution in [1.29, 1.82) is 0 Å². The lowest BCUT2D eigenvalue weighted by molar-refractivity contribution is -0.126. The van der Waals surface area contributed by atoms with Gasteiger partial charge in [-0.3, -0.25) is 9.69 Å². The van der Waals surface area contributed by atoms with Crippen molar-refractivity contribution < 1.29 is 19.1 Å². The van der Waals surface area contributed by atoms with Crippen LogP contribution >= 0.6 is 0 Å². The van der Waals surface area contributed by atoms with Crippen molar-refractivity contribution >= 4 is 12.0 Å². The first-order valence-electron chi connectivity index (χ1n) is 14.1. The van der Waals surface area contributed by atoms with Crippen LogP contribution < -0.4 is 5.32 Å². The van der Waals surface area contributed by atoms with Crippen LogP contribution in [0.3, 0.4) is 0 Å². The third-order valence-corrected chi connectivity index (χ3v) is 7.71. The highest BCUT2D eigenvalue weighted by atomic mass is 16.6. The zero-order valence-corrected chi connectivity index (χ0v) is 23.0. The van der Waals surface area contributed by atoms with E-state index in [1.807, 2.05) is 39.0 Å².